The molecule has 8 nitrogen and oxygen atoms in total. The number of carbonyl (C=O) groups excluding carboxylic acids is 1. The summed E-state index contributed by atoms with van der Waals surface area (Å²) in [7, 11) is 0. The minimum absolute atomic E-state index is 0.167. The third-order valence-electron chi connectivity index (χ3n) is 7.55. The van der Waals surface area contributed by atoms with Crippen molar-refractivity contribution >= 4 is 23.2 Å². The molecule has 3 heterocycles. The van der Waals surface area contributed by atoms with Crippen LogP contribution in [0.15, 0.2) is 73.3 Å². The molecule has 2 fully saturated rings. The highest BCUT2D eigenvalue weighted by atomic mass is 16.3. The van der Waals surface area contributed by atoms with Crippen LogP contribution in [0, 0.1) is 17.8 Å². The molecule has 206 valence electrons. The zero-order chi connectivity index (χ0) is 28.0. The summed E-state index contributed by atoms with van der Waals surface area (Å²) in [6.45, 7) is 0. The van der Waals surface area contributed by atoms with E-state index in [1.807, 2.05) is 42.6 Å². The van der Waals surface area contributed by atoms with Gasteiger partial charge in [0.2, 0.25) is 5.95 Å². The van der Waals surface area contributed by atoms with Gasteiger partial charge in [-0.15, -0.1) is 0 Å². The van der Waals surface area contributed by atoms with Crippen molar-refractivity contribution in [1.29, 1.82) is 0 Å². The normalized spacial score (nSPS) is 18.2. The van der Waals surface area contributed by atoms with Crippen molar-refractivity contribution in [2.45, 2.75) is 57.1 Å². The third kappa shape index (κ3) is 7.13. The number of pyridine rings is 2. The number of carbonyl (C=O) groups is 1. The van der Waals surface area contributed by atoms with Crippen molar-refractivity contribution in [3.63, 3.8) is 0 Å². The molecule has 0 bridgehead atoms. The monoisotopic (exact) mass is 544 g/mol. The Hall–Kier alpha value is -4.61. The molecule has 3 aromatic heterocycles. The summed E-state index contributed by atoms with van der Waals surface area (Å²) in [6, 6.07) is 15.4. The van der Waals surface area contributed by atoms with E-state index < -0.39 is 0 Å². The SMILES string of the molecule is O=C(CC1CC1)c1ccnc(C#Cc2ccc(Nc3ncc(-c4ccncc4)c(NC4CCC(O)CC4)n3)cc2)c1. The Labute approximate surface area is 239 Å². The molecule has 0 unspecified atom stereocenters. The van der Waals surface area contributed by atoms with Crippen molar-refractivity contribution in [3.8, 4) is 23.0 Å². The average molecular weight is 545 g/mol. The predicted octanol–water partition coefficient (Wildman–Crippen LogP) is 5.78. The Bertz CT molecular complexity index is 1570. The quantitative estimate of drug-likeness (QED) is 0.189. The molecule has 0 atom stereocenters. The van der Waals surface area contributed by atoms with Crippen LogP contribution < -0.4 is 10.6 Å². The molecule has 41 heavy (non-hydrogen) atoms. The van der Waals surface area contributed by atoms with Crippen molar-refractivity contribution in [1.82, 2.24) is 19.9 Å². The Morgan fingerprint density at radius 1 is 0.902 bits per heavy atom. The highest BCUT2D eigenvalue weighted by Gasteiger charge is 2.25. The van der Waals surface area contributed by atoms with Gasteiger partial charge in [0, 0.05) is 59.6 Å². The second-order valence-corrected chi connectivity index (χ2v) is 10.8. The number of hydrogen-bond donors (Lipinski definition) is 3. The second-order valence-electron chi connectivity index (χ2n) is 10.8. The highest BCUT2D eigenvalue weighted by molar-refractivity contribution is 5.96. The van der Waals surface area contributed by atoms with E-state index in [4.69, 9.17) is 4.98 Å². The summed E-state index contributed by atoms with van der Waals surface area (Å²) < 4.78 is 0. The van der Waals surface area contributed by atoms with Gasteiger partial charge < -0.3 is 15.7 Å². The van der Waals surface area contributed by atoms with Gasteiger partial charge in [-0.2, -0.15) is 4.98 Å². The molecule has 0 saturated heterocycles. The lowest BCUT2D eigenvalue weighted by Crippen LogP contribution is -2.28. The molecule has 2 saturated carbocycles. The van der Waals surface area contributed by atoms with Gasteiger partial charge in [0.1, 0.15) is 11.5 Å². The van der Waals surface area contributed by atoms with Gasteiger partial charge in [-0.3, -0.25) is 9.78 Å². The summed E-state index contributed by atoms with van der Waals surface area (Å²) in [5.74, 6) is 8.17. The number of benzene rings is 1. The van der Waals surface area contributed by atoms with Gasteiger partial charge in [-0.1, -0.05) is 5.92 Å². The van der Waals surface area contributed by atoms with Crippen LogP contribution in [0.5, 0.6) is 0 Å². The van der Waals surface area contributed by atoms with Crippen LogP contribution in [0.2, 0.25) is 0 Å². The number of aliphatic hydroxyl groups excluding tert-OH is 1. The number of Topliss-reactive ketones (excluding diaryl/α,β-unsaturated/α-hetero) is 1. The molecule has 2 aliphatic rings. The number of rotatable bonds is 8. The zero-order valence-corrected chi connectivity index (χ0v) is 22.8. The number of hydrogen-bond acceptors (Lipinski definition) is 8. The Kier molecular flexibility index (Phi) is 7.97. The van der Waals surface area contributed by atoms with E-state index in [-0.39, 0.29) is 17.9 Å². The summed E-state index contributed by atoms with van der Waals surface area (Å²) in [4.78, 5) is 30.3. The molecule has 0 amide bonds. The number of nitrogens with zero attached hydrogens (tertiary/aromatic N) is 4. The molecule has 0 spiro atoms. The minimum atomic E-state index is -0.217. The largest absolute Gasteiger partial charge is 0.393 e. The first-order chi connectivity index (χ1) is 20.1. The summed E-state index contributed by atoms with van der Waals surface area (Å²) in [6.07, 6.45) is 13.0. The van der Waals surface area contributed by atoms with Gasteiger partial charge in [0.15, 0.2) is 5.78 Å². The van der Waals surface area contributed by atoms with E-state index in [0.717, 1.165) is 66.7 Å². The van der Waals surface area contributed by atoms with Crippen LogP contribution in [-0.2, 0) is 0 Å². The van der Waals surface area contributed by atoms with Crippen molar-refractivity contribution < 1.29 is 9.90 Å². The molecule has 0 radical (unpaired) electrons. The topological polar surface area (TPSA) is 113 Å². The summed E-state index contributed by atoms with van der Waals surface area (Å²) in [5.41, 5.74) is 4.83. The van der Waals surface area contributed by atoms with E-state index in [0.29, 0.717) is 29.5 Å². The molecular weight excluding hydrogens is 512 g/mol. The standard InChI is InChI=1S/C33H32N6O2/c40-29-11-9-26(10-12-29)37-32-30(24-13-16-34-17-14-24)21-36-33(39-32)38-27-6-3-22(4-7-27)5-8-28-20-25(15-18-35-28)31(41)19-23-1-2-23/h3-4,6-7,13-18,20-21,23,26,29,40H,1-2,9-12,19H2,(H2,36,37,38,39). The van der Waals surface area contributed by atoms with Gasteiger partial charge >= 0.3 is 0 Å². The average Bonchev–Trinajstić information content (AvgIpc) is 3.83. The lowest BCUT2D eigenvalue weighted by molar-refractivity contribution is 0.0976. The van der Waals surface area contributed by atoms with Gasteiger partial charge in [0.25, 0.3) is 0 Å². The van der Waals surface area contributed by atoms with E-state index in [2.05, 4.69) is 37.4 Å². The maximum atomic E-state index is 12.4. The predicted molar refractivity (Wildman–Crippen MR) is 159 cm³/mol. The molecule has 1 aromatic carbocycles. The van der Waals surface area contributed by atoms with Crippen LogP contribution in [0.4, 0.5) is 17.5 Å². The summed E-state index contributed by atoms with van der Waals surface area (Å²) in [5, 5.41) is 16.8. The lowest BCUT2D eigenvalue weighted by atomic mass is 9.93. The van der Waals surface area contributed by atoms with Gasteiger partial charge in [-0.25, -0.2) is 9.97 Å². The van der Waals surface area contributed by atoms with Crippen LogP contribution in [0.3, 0.4) is 0 Å². The first-order valence-corrected chi connectivity index (χ1v) is 14.2. The fraction of sp³-hybridized carbons (Fsp3) is 0.303. The van der Waals surface area contributed by atoms with Crippen LogP contribution in [-0.4, -0.2) is 43.0 Å². The van der Waals surface area contributed by atoms with E-state index in [1.54, 1.807) is 30.7 Å². The highest BCUT2D eigenvalue weighted by Crippen LogP contribution is 2.33. The Morgan fingerprint density at radius 3 is 2.44 bits per heavy atom. The molecule has 2 aliphatic carbocycles. The Balaban J connectivity index is 1.15. The second kappa shape index (κ2) is 12.3. The van der Waals surface area contributed by atoms with E-state index in [1.165, 1.54) is 0 Å². The van der Waals surface area contributed by atoms with Crippen LogP contribution in [0.25, 0.3) is 11.1 Å². The Morgan fingerprint density at radius 2 is 1.68 bits per heavy atom. The van der Waals surface area contributed by atoms with E-state index in [9.17, 15) is 9.90 Å². The molecule has 0 aliphatic heterocycles. The maximum absolute atomic E-state index is 12.4. The van der Waals surface area contributed by atoms with Gasteiger partial charge in [0.05, 0.1) is 6.10 Å². The minimum Gasteiger partial charge on any atom is -0.393 e. The maximum Gasteiger partial charge on any atom is 0.229 e. The third-order valence-corrected chi connectivity index (χ3v) is 7.55. The molecule has 6 rings (SSSR count). The van der Waals surface area contributed by atoms with Crippen LogP contribution in [0.1, 0.15) is 66.6 Å². The zero-order valence-electron chi connectivity index (χ0n) is 22.8. The summed E-state index contributed by atoms with van der Waals surface area (Å²) >= 11 is 0. The van der Waals surface area contributed by atoms with Gasteiger partial charge in [-0.05, 0) is 104 Å². The van der Waals surface area contributed by atoms with Crippen molar-refractivity contribution in [2.24, 2.45) is 5.92 Å². The molecule has 3 N–H and O–H groups in total. The number of aliphatic hydroxyl groups is 1. The smallest absolute Gasteiger partial charge is 0.229 e. The molecular formula is C33H32N6O2. The van der Waals surface area contributed by atoms with E-state index >= 15 is 0 Å². The number of aromatic nitrogens is 4. The van der Waals surface area contributed by atoms with Crippen molar-refractivity contribution in [3.05, 3.63) is 90.1 Å². The fourth-order valence-corrected chi connectivity index (χ4v) is 4.98. The fourth-order valence-electron chi connectivity index (χ4n) is 4.98. The molecule has 8 heteroatoms. The number of nitrogens with one attached hydrogen (secondary N) is 2. The number of ketones is 1. The first-order valence-electron chi connectivity index (χ1n) is 14.2. The first kappa shape index (κ1) is 26.6. The lowest BCUT2D eigenvalue weighted by Gasteiger charge is -2.27. The van der Waals surface area contributed by atoms with Crippen LogP contribution >= 0.6 is 0 Å². The number of anilines is 3. The molecule has 4 aromatic rings. The van der Waals surface area contributed by atoms with Crippen molar-refractivity contribution in [2.75, 3.05) is 10.6 Å².